The summed E-state index contributed by atoms with van der Waals surface area (Å²) in [4.78, 5) is 20.3. The summed E-state index contributed by atoms with van der Waals surface area (Å²) in [7, 11) is -3.29. The van der Waals surface area contributed by atoms with E-state index in [0.717, 1.165) is 12.8 Å². The van der Waals surface area contributed by atoms with Crippen molar-refractivity contribution in [1.82, 2.24) is 14.5 Å². The van der Waals surface area contributed by atoms with E-state index >= 15 is 0 Å². The molecule has 3 rings (SSSR count). The van der Waals surface area contributed by atoms with E-state index in [1.807, 2.05) is 6.07 Å². The molecule has 0 saturated carbocycles. The second-order valence-corrected chi connectivity index (χ2v) is 8.06. The van der Waals surface area contributed by atoms with Crippen LogP contribution in [0.4, 0.5) is 5.82 Å². The first-order valence-corrected chi connectivity index (χ1v) is 10.2. The molecule has 0 unspecified atom stereocenters. The normalized spacial score (nSPS) is 11.6. The minimum atomic E-state index is -3.29. The highest BCUT2D eigenvalue weighted by molar-refractivity contribution is 7.90. The van der Waals surface area contributed by atoms with Crippen LogP contribution < -0.4 is 10.9 Å². The van der Waals surface area contributed by atoms with Crippen LogP contribution in [-0.2, 0) is 16.4 Å². The molecule has 1 N–H and O–H groups in total. The zero-order chi connectivity index (χ0) is 18.6. The van der Waals surface area contributed by atoms with Gasteiger partial charge in [-0.15, -0.1) is 0 Å². The first-order valence-electron chi connectivity index (χ1n) is 8.29. The molecule has 0 aliphatic carbocycles. The second-order valence-electron chi connectivity index (χ2n) is 6.04. The Hall–Kier alpha value is -2.74. The molecule has 7 nitrogen and oxygen atoms in total. The fourth-order valence-electron chi connectivity index (χ4n) is 2.67. The van der Waals surface area contributed by atoms with Crippen LogP contribution in [0, 0.1) is 0 Å². The molecule has 26 heavy (non-hydrogen) atoms. The van der Waals surface area contributed by atoms with Crippen LogP contribution in [0.2, 0.25) is 0 Å². The van der Waals surface area contributed by atoms with Crippen molar-refractivity contribution >= 4 is 26.6 Å². The van der Waals surface area contributed by atoms with Gasteiger partial charge in [-0.05, 0) is 37.1 Å². The van der Waals surface area contributed by atoms with Gasteiger partial charge in [0.1, 0.15) is 12.1 Å². The molecule has 2 aromatic heterocycles. The summed E-state index contributed by atoms with van der Waals surface area (Å²) in [5.74, 6) is 0.609. The first-order chi connectivity index (χ1) is 12.4. The van der Waals surface area contributed by atoms with Gasteiger partial charge >= 0.3 is 0 Å². The molecule has 0 aliphatic heterocycles. The predicted octanol–water partition coefficient (Wildman–Crippen LogP) is 2.09. The van der Waals surface area contributed by atoms with Gasteiger partial charge in [0.25, 0.3) is 0 Å². The zero-order valence-electron chi connectivity index (χ0n) is 14.4. The molecule has 3 aromatic rings. The van der Waals surface area contributed by atoms with E-state index in [-0.39, 0.29) is 10.5 Å². The number of aryl methyl sites for hydroxylation is 1. The Kier molecular flexibility index (Phi) is 5.32. The maximum absolute atomic E-state index is 11.8. The van der Waals surface area contributed by atoms with Crippen LogP contribution >= 0.6 is 0 Å². The van der Waals surface area contributed by atoms with Crippen LogP contribution in [0.25, 0.3) is 10.9 Å². The van der Waals surface area contributed by atoms with Gasteiger partial charge in [0.2, 0.25) is 5.56 Å². The van der Waals surface area contributed by atoms with Crippen LogP contribution in [0.5, 0.6) is 0 Å². The van der Waals surface area contributed by atoms with Crippen LogP contribution in [-0.4, -0.2) is 35.8 Å². The van der Waals surface area contributed by atoms with Crippen molar-refractivity contribution in [1.29, 1.82) is 0 Å². The van der Waals surface area contributed by atoms with Crippen molar-refractivity contribution in [3.8, 4) is 0 Å². The highest BCUT2D eigenvalue weighted by Crippen LogP contribution is 2.22. The van der Waals surface area contributed by atoms with Gasteiger partial charge in [-0.25, -0.2) is 18.4 Å². The Morgan fingerprint density at radius 1 is 1.12 bits per heavy atom. The Balaban J connectivity index is 1.65. The number of unbranched alkanes of at least 4 members (excludes halogenated alkanes) is 1. The summed E-state index contributed by atoms with van der Waals surface area (Å²) >= 11 is 0. The Labute approximate surface area is 151 Å². The molecule has 0 fully saturated rings. The molecule has 2 heterocycles. The average molecular weight is 372 g/mol. The maximum atomic E-state index is 11.8. The summed E-state index contributed by atoms with van der Waals surface area (Å²) in [6.07, 6.45) is 6.10. The molecular weight excluding hydrogens is 352 g/mol. The minimum Gasteiger partial charge on any atom is -0.369 e. The highest BCUT2D eigenvalue weighted by atomic mass is 32.2. The largest absolute Gasteiger partial charge is 0.369 e. The third-order valence-corrected chi connectivity index (χ3v) is 5.16. The van der Waals surface area contributed by atoms with Crippen molar-refractivity contribution < 1.29 is 8.42 Å². The van der Waals surface area contributed by atoms with E-state index in [1.54, 1.807) is 41.1 Å². The van der Waals surface area contributed by atoms with Crippen molar-refractivity contribution in [2.24, 2.45) is 0 Å². The lowest BCUT2D eigenvalue weighted by atomic mass is 10.2. The quantitative estimate of drug-likeness (QED) is 0.638. The molecule has 0 radical (unpaired) electrons. The molecule has 1 aromatic carbocycles. The number of anilines is 1. The lowest BCUT2D eigenvalue weighted by molar-refractivity contribution is 0.602. The zero-order valence-corrected chi connectivity index (χ0v) is 15.2. The van der Waals surface area contributed by atoms with Crippen molar-refractivity contribution in [3.05, 3.63) is 59.3 Å². The van der Waals surface area contributed by atoms with Gasteiger partial charge in [0.05, 0.1) is 10.4 Å². The number of nitrogens with one attached hydrogen (secondary N) is 1. The van der Waals surface area contributed by atoms with Gasteiger partial charge in [-0.2, -0.15) is 0 Å². The van der Waals surface area contributed by atoms with Crippen LogP contribution in [0.3, 0.4) is 0 Å². The number of hydrogen-bond donors (Lipinski definition) is 1. The average Bonchev–Trinajstić information content (AvgIpc) is 2.62. The minimum absolute atomic E-state index is 0.00411. The van der Waals surface area contributed by atoms with E-state index in [4.69, 9.17) is 0 Å². The third kappa shape index (κ3) is 4.26. The number of benzene rings is 1. The summed E-state index contributed by atoms with van der Waals surface area (Å²) in [6.45, 7) is 1.32. The third-order valence-electron chi connectivity index (χ3n) is 4.05. The van der Waals surface area contributed by atoms with E-state index in [0.29, 0.717) is 29.8 Å². The van der Waals surface area contributed by atoms with Crippen molar-refractivity contribution in [3.63, 3.8) is 0 Å². The first kappa shape index (κ1) is 18.1. The molecule has 0 bridgehead atoms. The number of aromatic nitrogens is 3. The van der Waals surface area contributed by atoms with Gasteiger partial charge in [-0.3, -0.25) is 4.79 Å². The summed E-state index contributed by atoms with van der Waals surface area (Å²) in [5.41, 5.74) is 0.682. The molecule has 0 saturated heterocycles. The molecule has 0 aliphatic rings. The maximum Gasteiger partial charge on any atom is 0.250 e. The van der Waals surface area contributed by atoms with Crippen molar-refractivity contribution in [2.45, 2.75) is 24.3 Å². The highest BCUT2D eigenvalue weighted by Gasteiger charge is 2.10. The number of nitrogens with zero attached hydrogens (tertiary/aromatic N) is 3. The van der Waals surface area contributed by atoms with Gasteiger partial charge in [0, 0.05) is 37.0 Å². The Bertz CT molecular complexity index is 1080. The Morgan fingerprint density at radius 2 is 1.96 bits per heavy atom. The molecule has 8 heteroatoms. The van der Waals surface area contributed by atoms with Crippen molar-refractivity contribution in [2.75, 3.05) is 18.1 Å². The molecule has 0 amide bonds. The van der Waals surface area contributed by atoms with Crippen LogP contribution in [0.15, 0.2) is 58.6 Å². The molecular formula is C18H20N4O3S. The molecule has 0 atom stereocenters. The summed E-state index contributed by atoms with van der Waals surface area (Å²) in [5, 5.41) is 3.91. The number of fused-ring (bicyclic) bond motifs is 1. The SMILES string of the molecule is CS(=O)(=O)c1ccc2ncnc(NCCCCn3ccccc3=O)c2c1. The fraction of sp³-hybridized carbons (Fsp3) is 0.278. The lowest BCUT2D eigenvalue weighted by Gasteiger charge is -2.10. The topological polar surface area (TPSA) is 93.9 Å². The molecule has 136 valence electrons. The van der Waals surface area contributed by atoms with E-state index < -0.39 is 9.84 Å². The Morgan fingerprint density at radius 3 is 2.73 bits per heavy atom. The van der Waals surface area contributed by atoms with E-state index in [1.165, 1.54) is 12.6 Å². The predicted molar refractivity (Wildman–Crippen MR) is 101 cm³/mol. The molecule has 0 spiro atoms. The van der Waals surface area contributed by atoms with Crippen LogP contribution in [0.1, 0.15) is 12.8 Å². The number of rotatable bonds is 7. The smallest absolute Gasteiger partial charge is 0.250 e. The number of sulfone groups is 1. The summed E-state index contributed by atoms with van der Waals surface area (Å²) in [6, 6.07) is 9.94. The van der Waals surface area contributed by atoms with Gasteiger partial charge < -0.3 is 9.88 Å². The fourth-order valence-corrected chi connectivity index (χ4v) is 3.31. The number of pyridine rings is 1. The monoisotopic (exact) mass is 372 g/mol. The number of hydrogen-bond acceptors (Lipinski definition) is 6. The standard InChI is InChI=1S/C18H20N4O3S/c1-26(24,25)14-7-8-16-15(12-14)18(21-13-20-16)19-9-3-5-11-22-10-4-2-6-17(22)23/h2,4,6-8,10,12-13H,3,5,9,11H2,1H3,(H,19,20,21). The second kappa shape index (κ2) is 7.65. The van der Waals surface area contributed by atoms with Gasteiger partial charge in [-0.1, -0.05) is 6.07 Å². The van der Waals surface area contributed by atoms with E-state index in [9.17, 15) is 13.2 Å². The van der Waals surface area contributed by atoms with E-state index in [2.05, 4.69) is 15.3 Å². The van der Waals surface area contributed by atoms with Gasteiger partial charge in [0.15, 0.2) is 9.84 Å². The summed E-state index contributed by atoms with van der Waals surface area (Å²) < 4.78 is 25.2. The lowest BCUT2D eigenvalue weighted by Crippen LogP contribution is -2.18.